The standard InChI is InChI=1S/C10H9ClFNO2/c1-7-5-8(6-13-10(7)12)15-9(14)3-2-4-11/h2-3,5-6H,4H2,1H3/b3-2+. The van der Waals surface area contributed by atoms with Gasteiger partial charge in [0.1, 0.15) is 5.75 Å². The van der Waals surface area contributed by atoms with E-state index in [1.54, 1.807) is 0 Å². The highest BCUT2D eigenvalue weighted by molar-refractivity contribution is 6.19. The lowest BCUT2D eigenvalue weighted by Gasteiger charge is -2.01. The highest BCUT2D eigenvalue weighted by atomic mass is 35.5. The van der Waals surface area contributed by atoms with Gasteiger partial charge in [-0.2, -0.15) is 4.39 Å². The number of hydrogen-bond donors (Lipinski definition) is 0. The van der Waals surface area contributed by atoms with Crippen LogP contribution in [0.1, 0.15) is 5.56 Å². The lowest BCUT2D eigenvalue weighted by molar-refractivity contribution is -0.129. The van der Waals surface area contributed by atoms with Crippen molar-refractivity contribution in [2.45, 2.75) is 6.92 Å². The van der Waals surface area contributed by atoms with Crippen molar-refractivity contribution in [1.29, 1.82) is 0 Å². The fraction of sp³-hybridized carbons (Fsp3) is 0.200. The predicted octanol–water partition coefficient (Wildman–Crippen LogP) is 2.23. The van der Waals surface area contributed by atoms with Gasteiger partial charge in [0, 0.05) is 17.5 Å². The number of halogens is 2. The molecule has 0 bridgehead atoms. The molecule has 0 aromatic carbocycles. The van der Waals surface area contributed by atoms with Crippen LogP contribution in [0.5, 0.6) is 5.75 Å². The Bertz CT molecular complexity index is 393. The molecule has 0 saturated heterocycles. The smallest absolute Gasteiger partial charge is 0.335 e. The monoisotopic (exact) mass is 229 g/mol. The second-order valence-electron chi connectivity index (χ2n) is 2.76. The molecule has 0 unspecified atom stereocenters. The summed E-state index contributed by atoms with van der Waals surface area (Å²) in [5, 5.41) is 0. The first-order chi connectivity index (χ1) is 7.13. The molecule has 0 aliphatic carbocycles. The molecule has 3 nitrogen and oxygen atoms in total. The first kappa shape index (κ1) is 11.7. The Labute approximate surface area is 91.5 Å². The van der Waals surface area contributed by atoms with E-state index in [4.69, 9.17) is 16.3 Å². The third-order valence-corrected chi connectivity index (χ3v) is 1.73. The number of aromatic nitrogens is 1. The summed E-state index contributed by atoms with van der Waals surface area (Å²) in [5.74, 6) is -0.705. The molecule has 0 saturated carbocycles. The SMILES string of the molecule is Cc1cc(OC(=O)/C=C/CCl)cnc1F. The number of pyridine rings is 1. The van der Waals surface area contributed by atoms with Crippen LogP contribution in [0.4, 0.5) is 4.39 Å². The molecule has 0 aliphatic heterocycles. The van der Waals surface area contributed by atoms with Crippen LogP contribution in [0.3, 0.4) is 0 Å². The van der Waals surface area contributed by atoms with E-state index >= 15 is 0 Å². The summed E-state index contributed by atoms with van der Waals surface area (Å²) in [6.45, 7) is 1.54. The third kappa shape index (κ3) is 3.67. The number of carbonyl (C=O) groups is 1. The van der Waals surface area contributed by atoms with Gasteiger partial charge in [-0.05, 0) is 13.0 Å². The van der Waals surface area contributed by atoms with Crippen LogP contribution < -0.4 is 4.74 Å². The van der Waals surface area contributed by atoms with E-state index in [1.807, 2.05) is 0 Å². The summed E-state index contributed by atoms with van der Waals surface area (Å²) in [6.07, 6.45) is 3.80. The van der Waals surface area contributed by atoms with Crippen molar-refractivity contribution in [3.63, 3.8) is 0 Å². The van der Waals surface area contributed by atoms with E-state index in [2.05, 4.69) is 4.98 Å². The Kier molecular flexibility index (Phi) is 4.24. The highest BCUT2D eigenvalue weighted by Crippen LogP contribution is 2.13. The molecule has 0 aliphatic rings. The lowest BCUT2D eigenvalue weighted by Crippen LogP contribution is -2.04. The summed E-state index contributed by atoms with van der Waals surface area (Å²) < 4.78 is 17.6. The van der Waals surface area contributed by atoms with Crippen molar-refractivity contribution >= 4 is 17.6 Å². The van der Waals surface area contributed by atoms with Gasteiger partial charge in [-0.1, -0.05) is 6.08 Å². The van der Waals surface area contributed by atoms with Crippen LogP contribution in [0.15, 0.2) is 24.4 Å². The molecule has 1 aromatic rings. The van der Waals surface area contributed by atoms with Crippen LogP contribution in [0.25, 0.3) is 0 Å². The van der Waals surface area contributed by atoms with Crippen molar-refractivity contribution in [2.24, 2.45) is 0 Å². The molecule has 1 rings (SSSR count). The van der Waals surface area contributed by atoms with Crippen molar-refractivity contribution in [2.75, 3.05) is 5.88 Å². The molecule has 0 N–H and O–H groups in total. The molecular weight excluding hydrogens is 221 g/mol. The molecular formula is C10H9ClFNO2. The Morgan fingerprint density at radius 1 is 1.73 bits per heavy atom. The molecule has 0 radical (unpaired) electrons. The van der Waals surface area contributed by atoms with Gasteiger partial charge in [0.05, 0.1) is 6.20 Å². The van der Waals surface area contributed by atoms with Crippen LogP contribution in [0, 0.1) is 12.9 Å². The maximum absolute atomic E-state index is 12.8. The van der Waals surface area contributed by atoms with Crippen molar-refractivity contribution in [1.82, 2.24) is 4.98 Å². The van der Waals surface area contributed by atoms with Crippen molar-refractivity contribution < 1.29 is 13.9 Å². The number of rotatable bonds is 3. The van der Waals surface area contributed by atoms with Gasteiger partial charge in [0.25, 0.3) is 0 Å². The number of hydrogen-bond acceptors (Lipinski definition) is 3. The zero-order valence-electron chi connectivity index (χ0n) is 8.04. The molecule has 15 heavy (non-hydrogen) atoms. The molecule has 0 atom stereocenters. The van der Waals surface area contributed by atoms with Crippen molar-refractivity contribution in [3.05, 3.63) is 35.9 Å². The average Bonchev–Trinajstić information content (AvgIpc) is 2.20. The minimum absolute atomic E-state index is 0.207. The lowest BCUT2D eigenvalue weighted by atomic mass is 10.3. The molecule has 1 heterocycles. The van der Waals surface area contributed by atoms with Gasteiger partial charge in [0.15, 0.2) is 0 Å². The van der Waals surface area contributed by atoms with Gasteiger partial charge in [0.2, 0.25) is 5.95 Å². The number of esters is 1. The Morgan fingerprint density at radius 3 is 3.07 bits per heavy atom. The first-order valence-corrected chi connectivity index (χ1v) is 4.73. The number of alkyl halides is 1. The number of carbonyl (C=O) groups excluding carboxylic acids is 1. The molecule has 80 valence electrons. The van der Waals surface area contributed by atoms with E-state index in [0.29, 0.717) is 5.56 Å². The third-order valence-electron chi connectivity index (χ3n) is 1.55. The summed E-state index contributed by atoms with van der Waals surface area (Å²) in [7, 11) is 0. The first-order valence-electron chi connectivity index (χ1n) is 4.20. The maximum Gasteiger partial charge on any atom is 0.335 e. The van der Waals surface area contributed by atoms with Crippen LogP contribution >= 0.6 is 11.6 Å². The van der Waals surface area contributed by atoms with Gasteiger partial charge in [-0.25, -0.2) is 9.78 Å². The number of ether oxygens (including phenoxy) is 1. The topological polar surface area (TPSA) is 39.2 Å². The average molecular weight is 230 g/mol. The molecule has 0 spiro atoms. The van der Waals surface area contributed by atoms with Gasteiger partial charge in [-0.3, -0.25) is 0 Å². The largest absolute Gasteiger partial charge is 0.422 e. The zero-order valence-corrected chi connectivity index (χ0v) is 8.79. The minimum Gasteiger partial charge on any atom is -0.422 e. The number of aryl methyl sites for hydroxylation is 1. The van der Waals surface area contributed by atoms with Crippen LogP contribution in [-0.4, -0.2) is 16.8 Å². The fourth-order valence-corrected chi connectivity index (χ4v) is 0.968. The molecule has 0 fully saturated rings. The van der Waals surface area contributed by atoms with Crippen LogP contribution in [0.2, 0.25) is 0 Å². The Morgan fingerprint density at radius 2 is 2.47 bits per heavy atom. The maximum atomic E-state index is 12.8. The highest BCUT2D eigenvalue weighted by Gasteiger charge is 2.04. The van der Waals surface area contributed by atoms with Crippen LogP contribution in [-0.2, 0) is 4.79 Å². The molecule has 0 amide bonds. The quantitative estimate of drug-likeness (QED) is 0.345. The van der Waals surface area contributed by atoms with Gasteiger partial charge < -0.3 is 4.74 Å². The summed E-state index contributed by atoms with van der Waals surface area (Å²) in [5.41, 5.74) is 0.321. The fourth-order valence-electron chi connectivity index (χ4n) is 0.879. The Balaban J connectivity index is 2.69. The second-order valence-corrected chi connectivity index (χ2v) is 3.07. The summed E-state index contributed by atoms with van der Waals surface area (Å²) in [6, 6.07) is 1.40. The van der Waals surface area contributed by atoms with E-state index in [1.165, 1.54) is 25.1 Å². The van der Waals surface area contributed by atoms with E-state index in [-0.39, 0.29) is 11.6 Å². The minimum atomic E-state index is -0.578. The number of nitrogens with zero attached hydrogens (tertiary/aromatic N) is 1. The number of allylic oxidation sites excluding steroid dienone is 1. The normalized spacial score (nSPS) is 10.6. The van der Waals surface area contributed by atoms with E-state index < -0.39 is 11.9 Å². The predicted molar refractivity (Wildman–Crippen MR) is 54.4 cm³/mol. The van der Waals surface area contributed by atoms with E-state index in [0.717, 1.165) is 6.20 Å². The zero-order chi connectivity index (χ0) is 11.3. The Hall–Kier alpha value is -1.42. The summed E-state index contributed by atoms with van der Waals surface area (Å²) >= 11 is 5.34. The van der Waals surface area contributed by atoms with Gasteiger partial charge >= 0.3 is 5.97 Å². The second kappa shape index (κ2) is 5.46. The van der Waals surface area contributed by atoms with E-state index in [9.17, 15) is 9.18 Å². The molecule has 1 aromatic heterocycles. The molecule has 5 heteroatoms. The van der Waals surface area contributed by atoms with Crippen molar-refractivity contribution in [3.8, 4) is 5.75 Å². The van der Waals surface area contributed by atoms with Gasteiger partial charge in [-0.15, -0.1) is 11.6 Å². The summed E-state index contributed by atoms with van der Waals surface area (Å²) in [4.78, 5) is 14.5.